The second-order valence-corrected chi connectivity index (χ2v) is 8.94. The number of nitrogens with one attached hydrogen (secondary N) is 2. The molecule has 2 aromatic carbocycles. The number of benzene rings is 2. The molecule has 3 nitrogen and oxygen atoms in total. The zero-order valence-corrected chi connectivity index (χ0v) is 20.4. The van der Waals surface area contributed by atoms with Gasteiger partial charge in [-0.1, -0.05) is 95.0 Å². The molecule has 2 N–H and O–H groups in total. The Labute approximate surface area is 202 Å². The van der Waals surface area contributed by atoms with Crippen LogP contribution in [0.5, 0.6) is 0 Å². The highest BCUT2D eigenvalue weighted by molar-refractivity contribution is 5.94. The maximum atomic E-state index is 12.8. The molecule has 1 amide bonds. The van der Waals surface area contributed by atoms with E-state index in [-0.39, 0.29) is 5.91 Å². The van der Waals surface area contributed by atoms with E-state index < -0.39 is 11.7 Å². The smallest absolute Gasteiger partial charge is 0.352 e. The standard InChI is InChI=1S/C28H39F3N2O/c1-2-3-4-5-6-7-8-9-10-11-19-33-27(34)25-17-15-23(16-18-25)21-32-22-24-13-12-14-26(20-24)28(29,30)31/h12-18,20,32H,2-11,19,21-22H2,1H3,(H,33,34). The third-order valence-electron chi connectivity index (χ3n) is 5.94. The molecule has 34 heavy (non-hydrogen) atoms. The molecule has 0 saturated carbocycles. The van der Waals surface area contributed by atoms with Crippen molar-refractivity contribution in [2.24, 2.45) is 0 Å². The minimum absolute atomic E-state index is 0.0700. The number of carbonyl (C=O) groups is 1. The Hall–Kier alpha value is -2.34. The van der Waals surface area contributed by atoms with Gasteiger partial charge in [0, 0.05) is 25.2 Å². The van der Waals surface area contributed by atoms with Crippen LogP contribution in [0.4, 0.5) is 13.2 Å². The molecule has 6 heteroatoms. The van der Waals surface area contributed by atoms with Gasteiger partial charge in [0.1, 0.15) is 0 Å². The number of alkyl halides is 3. The van der Waals surface area contributed by atoms with E-state index in [0.29, 0.717) is 30.8 Å². The number of unbranched alkanes of at least 4 members (excludes halogenated alkanes) is 9. The Bertz CT molecular complexity index is 834. The Morgan fingerprint density at radius 1 is 0.765 bits per heavy atom. The summed E-state index contributed by atoms with van der Waals surface area (Å²) in [5.41, 5.74) is 1.53. The van der Waals surface area contributed by atoms with Gasteiger partial charge in [-0.3, -0.25) is 4.79 Å². The molecule has 0 bridgehead atoms. The quantitative estimate of drug-likeness (QED) is 0.244. The van der Waals surface area contributed by atoms with Crippen molar-refractivity contribution in [1.82, 2.24) is 10.6 Å². The highest BCUT2D eigenvalue weighted by Crippen LogP contribution is 2.29. The number of hydrogen-bond acceptors (Lipinski definition) is 2. The zero-order chi connectivity index (χ0) is 24.7. The maximum absolute atomic E-state index is 12.8. The van der Waals surface area contributed by atoms with Crippen LogP contribution in [0.25, 0.3) is 0 Å². The molecule has 0 aliphatic heterocycles. The Morgan fingerprint density at radius 3 is 1.97 bits per heavy atom. The zero-order valence-electron chi connectivity index (χ0n) is 20.4. The number of amides is 1. The summed E-state index contributed by atoms with van der Waals surface area (Å²) >= 11 is 0. The Morgan fingerprint density at radius 2 is 1.35 bits per heavy atom. The lowest BCUT2D eigenvalue weighted by atomic mass is 10.1. The first-order valence-corrected chi connectivity index (χ1v) is 12.6. The summed E-state index contributed by atoms with van der Waals surface area (Å²) in [5.74, 6) is -0.0700. The highest BCUT2D eigenvalue weighted by atomic mass is 19.4. The fourth-order valence-electron chi connectivity index (χ4n) is 3.90. The SMILES string of the molecule is CCCCCCCCCCCCNC(=O)c1ccc(CNCc2cccc(C(F)(F)F)c2)cc1. The van der Waals surface area contributed by atoms with Crippen LogP contribution in [0, 0.1) is 0 Å². The highest BCUT2D eigenvalue weighted by Gasteiger charge is 2.30. The molecule has 2 aromatic rings. The normalized spacial score (nSPS) is 11.5. The predicted molar refractivity (Wildman–Crippen MR) is 133 cm³/mol. The molecular formula is C28H39F3N2O. The van der Waals surface area contributed by atoms with Crippen LogP contribution in [-0.4, -0.2) is 12.5 Å². The lowest BCUT2D eigenvalue weighted by Gasteiger charge is -2.10. The van der Waals surface area contributed by atoms with Gasteiger partial charge in [0.15, 0.2) is 0 Å². The number of hydrogen-bond donors (Lipinski definition) is 2. The van der Waals surface area contributed by atoms with Gasteiger partial charge in [-0.2, -0.15) is 13.2 Å². The van der Waals surface area contributed by atoms with Crippen molar-refractivity contribution in [2.75, 3.05) is 6.54 Å². The molecular weight excluding hydrogens is 437 g/mol. The third-order valence-corrected chi connectivity index (χ3v) is 5.94. The monoisotopic (exact) mass is 476 g/mol. The molecule has 0 heterocycles. The molecule has 0 aliphatic rings. The van der Waals surface area contributed by atoms with Gasteiger partial charge >= 0.3 is 6.18 Å². The molecule has 2 rings (SSSR count). The van der Waals surface area contributed by atoms with Crippen molar-refractivity contribution in [3.05, 3.63) is 70.8 Å². The van der Waals surface area contributed by atoms with Gasteiger partial charge < -0.3 is 10.6 Å². The van der Waals surface area contributed by atoms with Crippen molar-refractivity contribution in [1.29, 1.82) is 0 Å². The molecule has 0 unspecified atom stereocenters. The van der Waals surface area contributed by atoms with Crippen LogP contribution in [0.2, 0.25) is 0 Å². The van der Waals surface area contributed by atoms with E-state index in [1.54, 1.807) is 18.2 Å². The van der Waals surface area contributed by atoms with Gasteiger partial charge in [-0.05, 0) is 35.7 Å². The van der Waals surface area contributed by atoms with Gasteiger partial charge in [0.05, 0.1) is 5.56 Å². The molecule has 0 atom stereocenters. The molecule has 188 valence electrons. The second-order valence-electron chi connectivity index (χ2n) is 8.94. The van der Waals surface area contributed by atoms with E-state index in [1.165, 1.54) is 57.4 Å². The van der Waals surface area contributed by atoms with Crippen molar-refractivity contribution >= 4 is 5.91 Å². The molecule has 0 aromatic heterocycles. The molecule has 0 spiro atoms. The largest absolute Gasteiger partial charge is 0.416 e. The second kappa shape index (κ2) is 15.5. The minimum Gasteiger partial charge on any atom is -0.352 e. The summed E-state index contributed by atoms with van der Waals surface area (Å²) in [6, 6.07) is 12.6. The maximum Gasteiger partial charge on any atom is 0.416 e. The average molecular weight is 477 g/mol. The van der Waals surface area contributed by atoms with Crippen molar-refractivity contribution in [3.63, 3.8) is 0 Å². The molecule has 0 fully saturated rings. The topological polar surface area (TPSA) is 41.1 Å². The molecule has 0 saturated heterocycles. The van der Waals surface area contributed by atoms with E-state index in [0.717, 1.165) is 30.5 Å². The van der Waals surface area contributed by atoms with Crippen molar-refractivity contribution in [2.45, 2.75) is 90.4 Å². The van der Waals surface area contributed by atoms with Crippen LogP contribution in [0.3, 0.4) is 0 Å². The number of carbonyl (C=O) groups excluding carboxylic acids is 1. The predicted octanol–water partition coefficient (Wildman–Crippen LogP) is 7.65. The van der Waals surface area contributed by atoms with Gasteiger partial charge in [-0.25, -0.2) is 0 Å². The van der Waals surface area contributed by atoms with Crippen LogP contribution in [0.1, 0.15) is 98.2 Å². The van der Waals surface area contributed by atoms with E-state index in [2.05, 4.69) is 17.6 Å². The van der Waals surface area contributed by atoms with Crippen LogP contribution in [0.15, 0.2) is 48.5 Å². The molecule has 0 radical (unpaired) electrons. The van der Waals surface area contributed by atoms with Crippen LogP contribution < -0.4 is 10.6 Å². The van der Waals surface area contributed by atoms with Gasteiger partial charge in [-0.15, -0.1) is 0 Å². The molecule has 0 aliphatic carbocycles. The van der Waals surface area contributed by atoms with Crippen molar-refractivity contribution in [3.8, 4) is 0 Å². The van der Waals surface area contributed by atoms with E-state index >= 15 is 0 Å². The summed E-state index contributed by atoms with van der Waals surface area (Å²) in [6.45, 7) is 3.78. The van der Waals surface area contributed by atoms with E-state index in [1.807, 2.05) is 12.1 Å². The number of rotatable bonds is 16. The minimum atomic E-state index is -4.33. The van der Waals surface area contributed by atoms with E-state index in [9.17, 15) is 18.0 Å². The Kier molecular flexibility index (Phi) is 12.8. The first-order valence-electron chi connectivity index (χ1n) is 12.6. The van der Waals surface area contributed by atoms with Crippen LogP contribution in [-0.2, 0) is 19.3 Å². The summed E-state index contributed by atoms with van der Waals surface area (Å²) in [4.78, 5) is 12.3. The summed E-state index contributed by atoms with van der Waals surface area (Å²) < 4.78 is 38.4. The summed E-state index contributed by atoms with van der Waals surface area (Å²) in [7, 11) is 0. The third kappa shape index (κ3) is 11.2. The lowest BCUT2D eigenvalue weighted by molar-refractivity contribution is -0.137. The first kappa shape index (κ1) is 27.9. The lowest BCUT2D eigenvalue weighted by Crippen LogP contribution is -2.24. The van der Waals surface area contributed by atoms with E-state index in [4.69, 9.17) is 0 Å². The Balaban J connectivity index is 1.59. The van der Waals surface area contributed by atoms with Crippen molar-refractivity contribution < 1.29 is 18.0 Å². The first-order chi connectivity index (χ1) is 16.4. The summed E-state index contributed by atoms with van der Waals surface area (Å²) in [5, 5.41) is 6.13. The average Bonchev–Trinajstić information content (AvgIpc) is 2.82. The van der Waals surface area contributed by atoms with Gasteiger partial charge in [0.2, 0.25) is 0 Å². The fourth-order valence-corrected chi connectivity index (χ4v) is 3.90. The van der Waals surface area contributed by atoms with Gasteiger partial charge in [0.25, 0.3) is 5.91 Å². The fraction of sp³-hybridized carbons (Fsp3) is 0.536. The summed E-state index contributed by atoms with van der Waals surface area (Å²) in [6.07, 6.45) is 8.33. The van der Waals surface area contributed by atoms with Crippen LogP contribution >= 0.6 is 0 Å². The number of halogens is 3.